The zero-order valence-electron chi connectivity index (χ0n) is 17.4. The van der Waals surface area contributed by atoms with Crippen LogP contribution in [0.1, 0.15) is 29.2 Å². The predicted molar refractivity (Wildman–Crippen MR) is 116 cm³/mol. The molecule has 0 unspecified atom stereocenters. The average molecular weight is 404 g/mol. The summed E-state index contributed by atoms with van der Waals surface area (Å²) in [6.07, 6.45) is 1.63. The Balaban J connectivity index is 1.65. The highest BCUT2D eigenvalue weighted by Gasteiger charge is 2.09. The maximum atomic E-state index is 12.4. The number of nitrogens with zero attached hydrogens (tertiary/aromatic N) is 2. The van der Waals surface area contributed by atoms with Crippen LogP contribution in [-0.2, 0) is 16.0 Å². The highest BCUT2D eigenvalue weighted by Crippen LogP contribution is 2.26. The number of carbonyl (C=O) groups is 2. The Morgan fingerprint density at radius 2 is 1.70 bits per heavy atom. The minimum atomic E-state index is -0.226. The van der Waals surface area contributed by atoms with Crippen LogP contribution in [0.2, 0.25) is 0 Å². The van der Waals surface area contributed by atoms with Crippen molar-refractivity contribution < 1.29 is 14.3 Å². The summed E-state index contributed by atoms with van der Waals surface area (Å²) >= 11 is 0. The van der Waals surface area contributed by atoms with Gasteiger partial charge in [-0.25, -0.2) is 9.97 Å². The van der Waals surface area contributed by atoms with E-state index < -0.39 is 0 Å². The van der Waals surface area contributed by atoms with Crippen molar-refractivity contribution in [2.75, 3.05) is 10.6 Å². The van der Waals surface area contributed by atoms with Gasteiger partial charge >= 0.3 is 0 Å². The van der Waals surface area contributed by atoms with Gasteiger partial charge in [-0.3, -0.25) is 9.59 Å². The molecule has 3 rings (SSSR count). The number of carbonyl (C=O) groups excluding carboxylic acids is 2. The zero-order chi connectivity index (χ0) is 21.7. The van der Waals surface area contributed by atoms with Crippen molar-refractivity contribution in [3.8, 4) is 11.6 Å². The number of rotatable bonds is 6. The summed E-state index contributed by atoms with van der Waals surface area (Å²) in [4.78, 5) is 31.6. The van der Waals surface area contributed by atoms with Gasteiger partial charge < -0.3 is 15.4 Å². The number of hydrogen-bond donors (Lipinski definition) is 2. The molecule has 0 spiro atoms. The predicted octanol–water partition coefficient (Wildman–Crippen LogP) is 4.33. The van der Waals surface area contributed by atoms with Crippen molar-refractivity contribution in [3.05, 3.63) is 71.0 Å². The highest BCUT2D eigenvalue weighted by molar-refractivity contribution is 5.93. The van der Waals surface area contributed by atoms with Crippen LogP contribution in [-0.4, -0.2) is 21.8 Å². The van der Waals surface area contributed by atoms with Crippen LogP contribution in [0, 0.1) is 20.8 Å². The van der Waals surface area contributed by atoms with E-state index in [2.05, 4.69) is 20.6 Å². The second-order valence-corrected chi connectivity index (χ2v) is 7.15. The first-order chi connectivity index (χ1) is 14.3. The third-order valence-corrected chi connectivity index (χ3v) is 4.58. The zero-order valence-corrected chi connectivity index (χ0v) is 17.4. The monoisotopic (exact) mass is 404 g/mol. The molecule has 30 heavy (non-hydrogen) atoms. The lowest BCUT2D eigenvalue weighted by Gasteiger charge is -2.12. The van der Waals surface area contributed by atoms with Crippen LogP contribution in [0.25, 0.3) is 0 Å². The van der Waals surface area contributed by atoms with Gasteiger partial charge in [-0.2, -0.15) is 0 Å². The van der Waals surface area contributed by atoms with E-state index in [0.717, 1.165) is 16.8 Å². The topological polar surface area (TPSA) is 93.2 Å². The molecule has 0 saturated heterocycles. The molecule has 1 aromatic heterocycles. The minimum Gasteiger partial charge on any atom is -0.439 e. The van der Waals surface area contributed by atoms with E-state index in [-0.39, 0.29) is 11.8 Å². The fourth-order valence-corrected chi connectivity index (χ4v) is 2.90. The Morgan fingerprint density at radius 3 is 2.40 bits per heavy atom. The SMILES string of the molecule is CC(=O)Nc1cc(Oc2ccc(NC(=O)Cc3ccc(C)c(C)c3)c(C)c2)ncn1. The summed E-state index contributed by atoms with van der Waals surface area (Å²) in [5.41, 5.74) is 4.93. The number of hydrogen-bond acceptors (Lipinski definition) is 5. The Bertz CT molecular complexity index is 1100. The van der Waals surface area contributed by atoms with E-state index in [9.17, 15) is 9.59 Å². The lowest BCUT2D eigenvalue weighted by molar-refractivity contribution is -0.116. The summed E-state index contributed by atoms with van der Waals surface area (Å²) in [5, 5.41) is 5.53. The number of nitrogens with one attached hydrogen (secondary N) is 2. The van der Waals surface area contributed by atoms with Crippen molar-refractivity contribution in [2.45, 2.75) is 34.1 Å². The van der Waals surface area contributed by atoms with E-state index >= 15 is 0 Å². The Hall–Kier alpha value is -3.74. The molecule has 0 aliphatic rings. The molecule has 0 aliphatic carbocycles. The van der Waals surface area contributed by atoms with Crippen molar-refractivity contribution in [3.63, 3.8) is 0 Å². The van der Waals surface area contributed by atoms with Gasteiger partial charge in [0, 0.05) is 18.7 Å². The van der Waals surface area contributed by atoms with Gasteiger partial charge in [0.15, 0.2) is 0 Å². The molecule has 2 amide bonds. The fourth-order valence-electron chi connectivity index (χ4n) is 2.90. The third-order valence-electron chi connectivity index (χ3n) is 4.58. The summed E-state index contributed by atoms with van der Waals surface area (Å²) in [7, 11) is 0. The lowest BCUT2D eigenvalue weighted by Crippen LogP contribution is -2.15. The largest absolute Gasteiger partial charge is 0.439 e. The van der Waals surface area contributed by atoms with Crippen molar-refractivity contribution in [1.82, 2.24) is 9.97 Å². The first kappa shape index (κ1) is 21.0. The molecule has 2 N–H and O–H groups in total. The Labute approximate surface area is 175 Å². The molecular formula is C23H24N4O3. The normalized spacial score (nSPS) is 10.4. The quantitative estimate of drug-likeness (QED) is 0.638. The standard InChI is InChI=1S/C23H24N4O3/c1-14-5-6-18(9-15(14)2)11-22(29)27-20-8-7-19(10-16(20)3)30-23-12-21(24-13-25-23)26-17(4)28/h5-10,12-13H,11H2,1-4H3,(H,27,29)(H,24,25,26,28). The molecule has 0 atom stereocenters. The molecule has 0 bridgehead atoms. The lowest BCUT2D eigenvalue weighted by atomic mass is 10.0. The second-order valence-electron chi connectivity index (χ2n) is 7.15. The summed E-state index contributed by atoms with van der Waals surface area (Å²) < 4.78 is 5.75. The van der Waals surface area contributed by atoms with E-state index in [4.69, 9.17) is 4.74 Å². The summed E-state index contributed by atoms with van der Waals surface area (Å²) in [6.45, 7) is 7.38. The van der Waals surface area contributed by atoms with E-state index in [1.807, 2.05) is 45.0 Å². The van der Waals surface area contributed by atoms with Crippen molar-refractivity contribution in [2.24, 2.45) is 0 Å². The van der Waals surface area contributed by atoms with Gasteiger partial charge in [0.2, 0.25) is 17.7 Å². The average Bonchev–Trinajstić information content (AvgIpc) is 2.67. The summed E-state index contributed by atoms with van der Waals surface area (Å²) in [6, 6.07) is 12.9. The Morgan fingerprint density at radius 1 is 0.900 bits per heavy atom. The third kappa shape index (κ3) is 5.64. The number of aryl methyl sites for hydroxylation is 3. The van der Waals surface area contributed by atoms with Crippen LogP contribution < -0.4 is 15.4 Å². The van der Waals surface area contributed by atoms with Gasteiger partial charge in [0.25, 0.3) is 0 Å². The maximum absolute atomic E-state index is 12.4. The molecule has 154 valence electrons. The molecule has 0 aliphatic heterocycles. The van der Waals surface area contributed by atoms with Crippen LogP contribution in [0.15, 0.2) is 48.8 Å². The van der Waals surface area contributed by atoms with Crippen molar-refractivity contribution >= 4 is 23.3 Å². The molecule has 3 aromatic rings. The number of benzene rings is 2. The van der Waals surface area contributed by atoms with E-state index in [1.54, 1.807) is 12.1 Å². The molecule has 1 heterocycles. The molecule has 7 nitrogen and oxygen atoms in total. The number of amides is 2. The van der Waals surface area contributed by atoms with Gasteiger partial charge in [-0.15, -0.1) is 0 Å². The van der Waals surface area contributed by atoms with Crippen LogP contribution in [0.5, 0.6) is 11.6 Å². The molecule has 0 saturated carbocycles. The Kier molecular flexibility index (Phi) is 6.41. The summed E-state index contributed by atoms with van der Waals surface area (Å²) in [5.74, 6) is 0.924. The first-order valence-corrected chi connectivity index (χ1v) is 9.54. The molecule has 2 aromatic carbocycles. The maximum Gasteiger partial charge on any atom is 0.228 e. The second kappa shape index (κ2) is 9.17. The van der Waals surface area contributed by atoms with Gasteiger partial charge in [0.05, 0.1) is 6.42 Å². The van der Waals surface area contributed by atoms with Crippen molar-refractivity contribution in [1.29, 1.82) is 0 Å². The number of anilines is 2. The fraction of sp³-hybridized carbons (Fsp3) is 0.217. The van der Waals surface area contributed by atoms with Crippen LogP contribution in [0.3, 0.4) is 0 Å². The molecule has 0 radical (unpaired) electrons. The van der Waals surface area contributed by atoms with Gasteiger partial charge in [0.1, 0.15) is 17.9 Å². The number of ether oxygens (including phenoxy) is 1. The van der Waals surface area contributed by atoms with Gasteiger partial charge in [-0.1, -0.05) is 18.2 Å². The van der Waals surface area contributed by atoms with Crippen LogP contribution >= 0.6 is 0 Å². The number of aromatic nitrogens is 2. The smallest absolute Gasteiger partial charge is 0.228 e. The van der Waals surface area contributed by atoms with E-state index in [1.165, 1.54) is 30.4 Å². The molecule has 7 heteroatoms. The molecule has 0 fully saturated rings. The van der Waals surface area contributed by atoms with Gasteiger partial charge in [-0.05, 0) is 61.2 Å². The van der Waals surface area contributed by atoms with Crippen LogP contribution in [0.4, 0.5) is 11.5 Å². The first-order valence-electron chi connectivity index (χ1n) is 9.54. The molecular weight excluding hydrogens is 380 g/mol. The minimum absolute atomic E-state index is 0.0780. The van der Waals surface area contributed by atoms with E-state index in [0.29, 0.717) is 23.9 Å². The highest BCUT2D eigenvalue weighted by atomic mass is 16.5.